The number of carbonyl (C=O) groups is 2. The minimum Gasteiger partial charge on any atom is -0.352 e. The molecule has 4 N–H and O–H groups in total. The number of amides is 2. The summed E-state index contributed by atoms with van der Waals surface area (Å²) in [5.74, 6) is -0.373. The second kappa shape index (κ2) is 9.55. The van der Waals surface area contributed by atoms with E-state index in [1.54, 1.807) is 0 Å². The average molecular weight is 415 g/mol. The Hall–Kier alpha value is -3.48. The fraction of sp³-hybridized carbons (Fsp3) is 0.200. The summed E-state index contributed by atoms with van der Waals surface area (Å²) in [4.78, 5) is 25.3. The predicted octanol–water partition coefficient (Wildman–Crippen LogP) is 3.33. The lowest BCUT2D eigenvalue weighted by molar-refractivity contribution is -0.125. The zero-order valence-corrected chi connectivity index (χ0v) is 17.4. The first-order chi connectivity index (χ1) is 15.1. The minimum atomic E-state index is -0.202. The van der Waals surface area contributed by atoms with Gasteiger partial charge in [0.1, 0.15) is 0 Å². The van der Waals surface area contributed by atoms with Crippen molar-refractivity contribution in [1.82, 2.24) is 16.2 Å². The molecule has 0 aromatic heterocycles. The molecule has 1 heterocycles. The van der Waals surface area contributed by atoms with E-state index in [0.717, 1.165) is 16.7 Å². The van der Waals surface area contributed by atoms with Crippen LogP contribution in [-0.4, -0.2) is 18.4 Å². The Balaban J connectivity index is 1.36. The quantitative estimate of drug-likeness (QED) is 0.499. The molecule has 6 heteroatoms. The van der Waals surface area contributed by atoms with Gasteiger partial charge in [-0.1, -0.05) is 60.2 Å². The van der Waals surface area contributed by atoms with E-state index in [2.05, 4.69) is 21.5 Å². The van der Waals surface area contributed by atoms with Crippen LogP contribution in [0.25, 0.3) is 0 Å². The summed E-state index contributed by atoms with van der Waals surface area (Å²) in [5, 5.41) is 5.95. The van der Waals surface area contributed by atoms with Gasteiger partial charge in [-0.25, -0.2) is 5.43 Å². The van der Waals surface area contributed by atoms with Crippen molar-refractivity contribution in [2.75, 3.05) is 11.9 Å². The Kier molecular flexibility index (Phi) is 6.40. The van der Waals surface area contributed by atoms with Crippen molar-refractivity contribution in [2.24, 2.45) is 5.92 Å². The van der Waals surface area contributed by atoms with Gasteiger partial charge in [-0.3, -0.25) is 15.0 Å². The van der Waals surface area contributed by atoms with Crippen LogP contribution in [0.5, 0.6) is 0 Å². The minimum absolute atomic E-state index is 0.0135. The highest BCUT2D eigenvalue weighted by atomic mass is 16.2. The van der Waals surface area contributed by atoms with E-state index in [1.165, 1.54) is 0 Å². The topological polar surface area (TPSA) is 82.3 Å². The maximum atomic E-state index is 12.8. The molecule has 31 heavy (non-hydrogen) atoms. The van der Waals surface area contributed by atoms with E-state index in [4.69, 9.17) is 0 Å². The highest BCUT2D eigenvalue weighted by Gasteiger charge is 2.33. The van der Waals surface area contributed by atoms with Gasteiger partial charge in [0.15, 0.2) is 0 Å². The molecule has 2 unspecified atom stereocenters. The number of nitrogens with one attached hydrogen (secondary N) is 4. The lowest BCUT2D eigenvalue weighted by atomic mass is 9.94. The van der Waals surface area contributed by atoms with Crippen LogP contribution in [0.15, 0.2) is 78.9 Å². The van der Waals surface area contributed by atoms with Crippen molar-refractivity contribution < 1.29 is 9.59 Å². The van der Waals surface area contributed by atoms with E-state index >= 15 is 0 Å². The molecule has 0 aliphatic carbocycles. The molecule has 0 radical (unpaired) electrons. The Morgan fingerprint density at radius 1 is 0.968 bits per heavy atom. The smallest absolute Gasteiger partial charge is 0.255 e. The summed E-state index contributed by atoms with van der Waals surface area (Å²) in [5.41, 5.74) is 10.7. The molecule has 1 saturated heterocycles. The number of rotatable bonds is 6. The number of benzene rings is 3. The summed E-state index contributed by atoms with van der Waals surface area (Å²) < 4.78 is 0. The number of carbonyl (C=O) groups excluding carboxylic acids is 2. The number of aryl methyl sites for hydroxylation is 1. The van der Waals surface area contributed by atoms with Crippen molar-refractivity contribution in [3.63, 3.8) is 0 Å². The molecule has 1 aliphatic heterocycles. The summed E-state index contributed by atoms with van der Waals surface area (Å²) in [6.45, 7) is 2.95. The van der Waals surface area contributed by atoms with E-state index < -0.39 is 0 Å². The highest BCUT2D eigenvalue weighted by molar-refractivity contribution is 6.04. The highest BCUT2D eigenvalue weighted by Crippen LogP contribution is 2.25. The van der Waals surface area contributed by atoms with Crippen LogP contribution in [0.3, 0.4) is 0 Å². The van der Waals surface area contributed by atoms with E-state index in [-0.39, 0.29) is 23.8 Å². The molecule has 2 atom stereocenters. The van der Waals surface area contributed by atoms with Crippen LogP contribution in [0, 0.1) is 12.8 Å². The maximum Gasteiger partial charge on any atom is 0.255 e. The molecule has 1 aliphatic rings. The van der Waals surface area contributed by atoms with Gasteiger partial charge in [-0.05, 0) is 42.3 Å². The third-order valence-electron chi connectivity index (χ3n) is 5.44. The van der Waals surface area contributed by atoms with Gasteiger partial charge in [0.2, 0.25) is 5.91 Å². The molecule has 0 bridgehead atoms. The fourth-order valence-electron chi connectivity index (χ4n) is 3.70. The average Bonchev–Trinajstić information content (AvgIpc) is 3.29. The standard InChI is InChI=1S/C25H26N4O2/c1-17-10-12-20(13-11-17)24(30)28-21-9-5-6-18(14-21)15-26-25(31)22-16-27-29-23(22)19-7-3-2-4-8-19/h2-14,22-23,27,29H,15-16H2,1H3,(H,26,31)(H,28,30). The predicted molar refractivity (Wildman–Crippen MR) is 121 cm³/mol. The first-order valence-electron chi connectivity index (χ1n) is 10.4. The van der Waals surface area contributed by atoms with Gasteiger partial charge in [0.05, 0.1) is 12.0 Å². The summed E-state index contributed by atoms with van der Waals surface area (Å²) in [6, 6.07) is 24.8. The first kappa shape index (κ1) is 20.8. The molecule has 0 spiro atoms. The molecule has 6 nitrogen and oxygen atoms in total. The van der Waals surface area contributed by atoms with Gasteiger partial charge < -0.3 is 10.6 Å². The maximum absolute atomic E-state index is 12.8. The third kappa shape index (κ3) is 5.17. The first-order valence-corrected chi connectivity index (χ1v) is 10.4. The van der Waals surface area contributed by atoms with Gasteiger partial charge in [-0.15, -0.1) is 0 Å². The molecule has 3 aromatic rings. The van der Waals surface area contributed by atoms with Crippen LogP contribution in [0.1, 0.15) is 33.1 Å². The van der Waals surface area contributed by atoms with Gasteiger partial charge >= 0.3 is 0 Å². The molecule has 0 saturated carbocycles. The van der Waals surface area contributed by atoms with Crippen LogP contribution < -0.4 is 21.5 Å². The van der Waals surface area contributed by atoms with Crippen LogP contribution in [0.2, 0.25) is 0 Å². The second-order valence-electron chi connectivity index (χ2n) is 7.76. The number of hydrogen-bond acceptors (Lipinski definition) is 4. The molecular weight excluding hydrogens is 388 g/mol. The number of anilines is 1. The van der Waals surface area contributed by atoms with E-state index in [0.29, 0.717) is 24.3 Å². The van der Waals surface area contributed by atoms with Crippen molar-refractivity contribution in [3.8, 4) is 0 Å². The second-order valence-corrected chi connectivity index (χ2v) is 7.76. The van der Waals surface area contributed by atoms with Crippen molar-refractivity contribution in [3.05, 3.63) is 101 Å². The Bertz CT molecular complexity index is 1050. The monoisotopic (exact) mass is 414 g/mol. The summed E-state index contributed by atoms with van der Waals surface area (Å²) in [6.07, 6.45) is 0. The normalized spacial score (nSPS) is 17.8. The molecule has 2 amide bonds. The summed E-state index contributed by atoms with van der Waals surface area (Å²) in [7, 11) is 0. The van der Waals surface area contributed by atoms with Crippen molar-refractivity contribution in [1.29, 1.82) is 0 Å². The Morgan fingerprint density at radius 3 is 2.52 bits per heavy atom. The van der Waals surface area contributed by atoms with Gasteiger partial charge in [0.25, 0.3) is 5.91 Å². The molecule has 158 valence electrons. The largest absolute Gasteiger partial charge is 0.352 e. The Morgan fingerprint density at radius 2 is 1.74 bits per heavy atom. The molecule has 4 rings (SSSR count). The SMILES string of the molecule is Cc1ccc(C(=O)Nc2cccc(CNC(=O)C3CNNC3c3ccccc3)c2)cc1. The molecule has 1 fully saturated rings. The van der Waals surface area contributed by atoms with Gasteiger partial charge in [0, 0.05) is 24.3 Å². The van der Waals surface area contributed by atoms with E-state index in [1.807, 2.05) is 85.8 Å². The van der Waals surface area contributed by atoms with Crippen molar-refractivity contribution >= 4 is 17.5 Å². The summed E-state index contributed by atoms with van der Waals surface area (Å²) >= 11 is 0. The van der Waals surface area contributed by atoms with Crippen LogP contribution >= 0.6 is 0 Å². The number of hydrogen-bond donors (Lipinski definition) is 4. The third-order valence-corrected chi connectivity index (χ3v) is 5.44. The lowest BCUT2D eigenvalue weighted by Crippen LogP contribution is -2.34. The van der Waals surface area contributed by atoms with Crippen LogP contribution in [0.4, 0.5) is 5.69 Å². The fourth-order valence-corrected chi connectivity index (χ4v) is 3.70. The zero-order valence-electron chi connectivity index (χ0n) is 17.4. The number of hydrazine groups is 1. The van der Waals surface area contributed by atoms with Gasteiger partial charge in [-0.2, -0.15) is 0 Å². The van der Waals surface area contributed by atoms with Crippen molar-refractivity contribution in [2.45, 2.75) is 19.5 Å². The Labute approximate surface area is 182 Å². The zero-order chi connectivity index (χ0) is 21.6. The lowest BCUT2D eigenvalue weighted by Gasteiger charge is -2.18. The van der Waals surface area contributed by atoms with E-state index in [9.17, 15) is 9.59 Å². The molecule has 3 aromatic carbocycles. The molecular formula is C25H26N4O2. The van der Waals surface area contributed by atoms with Crippen LogP contribution in [-0.2, 0) is 11.3 Å².